The van der Waals surface area contributed by atoms with Gasteiger partial charge in [0.1, 0.15) is 0 Å². The van der Waals surface area contributed by atoms with Gasteiger partial charge < -0.3 is 28.4 Å². The summed E-state index contributed by atoms with van der Waals surface area (Å²) in [6.45, 7) is 7.04. The van der Waals surface area contributed by atoms with E-state index in [4.69, 9.17) is 28.4 Å². The zero-order valence-corrected chi connectivity index (χ0v) is 34.5. The van der Waals surface area contributed by atoms with Crippen LogP contribution in [0.5, 0.6) is 0 Å². The van der Waals surface area contributed by atoms with Gasteiger partial charge >= 0.3 is 146 Å². The summed E-state index contributed by atoms with van der Waals surface area (Å²) in [7, 11) is 0. The Bertz CT molecular complexity index is 197. The molecule has 0 spiro atoms. The summed E-state index contributed by atoms with van der Waals surface area (Å²) in [5, 5.41) is 0. The van der Waals surface area contributed by atoms with E-state index in [-0.39, 0.29) is 112 Å². The standard InChI is InChI=1S/C12H24O6.3C3H9Ge.Ge.K/c1-2-14-5-6-16-9-10-18-12-11-17-8-7-15-4-3-13-1;3*1-4(2)3;;/h1-12H2;3*1-3H3;;/q;;;;;+1. The van der Waals surface area contributed by atoms with Crippen LogP contribution in [0.15, 0.2) is 0 Å². The van der Waals surface area contributed by atoms with Gasteiger partial charge in [-0.15, -0.1) is 0 Å². The Morgan fingerprint density at radius 2 is 0.375 bits per heavy atom. The fraction of sp³-hybridized carbons (Fsp3) is 1.00. The molecule has 0 bridgehead atoms. The molecule has 0 amide bonds. The van der Waals surface area contributed by atoms with Gasteiger partial charge in [-0.05, 0) is 0 Å². The normalized spacial score (nSPS) is 16.9. The van der Waals surface area contributed by atoms with Crippen molar-refractivity contribution in [1.82, 2.24) is 0 Å². The van der Waals surface area contributed by atoms with Crippen LogP contribution in [0.4, 0.5) is 0 Å². The average Bonchev–Trinajstić information content (AvgIpc) is 2.60. The van der Waals surface area contributed by atoms with Gasteiger partial charge in [0.15, 0.2) is 0 Å². The van der Waals surface area contributed by atoms with Crippen molar-refractivity contribution >= 4 is 60.6 Å². The molecular formula is C21H51Ge4KO6+. The molecule has 0 aromatic carbocycles. The minimum absolute atomic E-state index is 0. The smallest absolute Gasteiger partial charge is 0 e. The predicted octanol–water partition coefficient (Wildman–Crippen LogP) is 0.835. The molecule has 1 saturated heterocycles. The predicted molar refractivity (Wildman–Crippen MR) is 141 cm³/mol. The first kappa shape index (κ1) is 45.5. The summed E-state index contributed by atoms with van der Waals surface area (Å²) in [6, 6.07) is 0. The fourth-order valence-electron chi connectivity index (χ4n) is 1.32. The van der Waals surface area contributed by atoms with E-state index in [0.717, 1.165) is 0 Å². The summed E-state index contributed by atoms with van der Waals surface area (Å²) in [5.41, 5.74) is 0. The molecule has 0 aromatic heterocycles. The molecular weight excluding hydrogens is 678 g/mol. The van der Waals surface area contributed by atoms with Crippen LogP contribution in [0.3, 0.4) is 0 Å². The topological polar surface area (TPSA) is 55.4 Å². The van der Waals surface area contributed by atoms with Crippen LogP contribution in [0, 0.1) is 0 Å². The van der Waals surface area contributed by atoms with Gasteiger partial charge in [0, 0.05) is 17.6 Å². The second kappa shape index (κ2) is 41.7. The molecule has 0 saturated carbocycles. The number of ether oxygens (including phenoxy) is 6. The molecule has 0 N–H and O–H groups in total. The first-order chi connectivity index (χ1) is 14.2. The van der Waals surface area contributed by atoms with Gasteiger partial charge in [-0.3, -0.25) is 0 Å². The van der Waals surface area contributed by atoms with Crippen molar-refractivity contribution < 1.29 is 79.8 Å². The fourth-order valence-corrected chi connectivity index (χ4v) is 1.32. The van der Waals surface area contributed by atoms with Crippen LogP contribution in [0.1, 0.15) is 0 Å². The zero-order chi connectivity index (χ0) is 23.5. The second-order valence-electron chi connectivity index (χ2n) is 8.17. The number of rotatable bonds is 0. The monoisotopic (exact) mass is 734 g/mol. The average molecular weight is 729 g/mol. The van der Waals surface area contributed by atoms with Crippen molar-refractivity contribution in [3.63, 3.8) is 0 Å². The van der Waals surface area contributed by atoms with E-state index < -0.39 is 0 Å². The first-order valence-corrected chi connectivity index (χ1v) is 29.8. The first-order valence-electron chi connectivity index (χ1n) is 11.0. The number of hydrogen-bond acceptors (Lipinski definition) is 6. The summed E-state index contributed by atoms with van der Waals surface area (Å²) in [5.74, 6) is 21.0. The molecule has 32 heavy (non-hydrogen) atoms. The molecule has 187 valence electrons. The van der Waals surface area contributed by atoms with Gasteiger partial charge in [0.25, 0.3) is 0 Å². The van der Waals surface area contributed by atoms with E-state index >= 15 is 0 Å². The Morgan fingerprint density at radius 3 is 0.438 bits per heavy atom. The summed E-state index contributed by atoms with van der Waals surface area (Å²) in [4.78, 5) is 0. The molecule has 1 heterocycles. The maximum Gasteiger partial charge on any atom is 1.00 e. The van der Waals surface area contributed by atoms with Crippen molar-refractivity contribution in [3.8, 4) is 0 Å². The minimum atomic E-state index is -0.333. The number of hydrogen-bond donors (Lipinski definition) is 0. The van der Waals surface area contributed by atoms with Crippen molar-refractivity contribution in [3.05, 3.63) is 0 Å². The Morgan fingerprint density at radius 1 is 0.312 bits per heavy atom. The Labute approximate surface area is 267 Å². The maximum absolute atomic E-state index is 5.33. The molecule has 1 aliphatic heterocycles. The second-order valence-corrected chi connectivity index (χ2v) is 27.1. The van der Waals surface area contributed by atoms with Crippen molar-refractivity contribution in [1.29, 1.82) is 0 Å². The summed E-state index contributed by atoms with van der Waals surface area (Å²) >= 11 is -1.00. The third kappa shape index (κ3) is 76.5. The molecule has 1 aliphatic rings. The minimum Gasteiger partial charge on any atom is 0 e. The molecule has 7 radical (unpaired) electrons. The van der Waals surface area contributed by atoms with Crippen molar-refractivity contribution in [2.75, 3.05) is 79.3 Å². The largest absolute Gasteiger partial charge is 1.00 e. The van der Waals surface area contributed by atoms with Gasteiger partial charge in [-0.25, -0.2) is 0 Å². The zero-order valence-electron chi connectivity index (χ0n) is 22.9. The molecule has 1 fully saturated rings. The Hall–Kier alpha value is 3.57. The SMILES string of the molecule is C1COCCOCCOCCOCCOCCO1.[CH3][Ge]([CH3])[CH3].[CH3][Ge]([CH3])[CH3].[CH3][Ge]([CH3])[CH3].[Ge].[K+]. The van der Waals surface area contributed by atoms with Crippen LogP contribution in [0.2, 0.25) is 51.8 Å². The van der Waals surface area contributed by atoms with Crippen LogP contribution in [-0.4, -0.2) is 140 Å². The van der Waals surface area contributed by atoms with Crippen molar-refractivity contribution in [2.45, 2.75) is 51.8 Å². The molecule has 0 aromatic rings. The molecule has 6 nitrogen and oxygen atoms in total. The van der Waals surface area contributed by atoms with Gasteiger partial charge in [-0.2, -0.15) is 0 Å². The third-order valence-corrected chi connectivity index (χ3v) is 2.23. The summed E-state index contributed by atoms with van der Waals surface area (Å²) < 4.78 is 32.0. The van der Waals surface area contributed by atoms with Crippen LogP contribution < -0.4 is 51.4 Å². The van der Waals surface area contributed by atoms with E-state index in [1.165, 1.54) is 0 Å². The van der Waals surface area contributed by atoms with E-state index in [1.54, 1.807) is 0 Å². The van der Waals surface area contributed by atoms with Crippen molar-refractivity contribution in [2.24, 2.45) is 0 Å². The third-order valence-electron chi connectivity index (χ3n) is 2.23. The maximum atomic E-state index is 5.33. The Kier molecular flexibility index (Phi) is 59.3. The molecule has 0 atom stereocenters. The van der Waals surface area contributed by atoms with E-state index in [0.29, 0.717) is 79.3 Å². The van der Waals surface area contributed by atoms with Crippen LogP contribution >= 0.6 is 0 Å². The van der Waals surface area contributed by atoms with Gasteiger partial charge in [-0.1, -0.05) is 0 Å². The Balaban J connectivity index is -0.000000145. The van der Waals surface area contributed by atoms with Gasteiger partial charge in [0.05, 0.1) is 79.3 Å². The molecule has 0 aliphatic carbocycles. The van der Waals surface area contributed by atoms with E-state index in [9.17, 15) is 0 Å². The molecule has 1 rings (SSSR count). The van der Waals surface area contributed by atoms with E-state index in [1.807, 2.05) is 0 Å². The molecule has 11 heteroatoms. The van der Waals surface area contributed by atoms with Gasteiger partial charge in [0.2, 0.25) is 0 Å². The van der Waals surface area contributed by atoms with E-state index in [2.05, 4.69) is 51.8 Å². The van der Waals surface area contributed by atoms with Crippen LogP contribution in [-0.2, 0) is 28.4 Å². The molecule has 0 unspecified atom stereocenters. The summed E-state index contributed by atoms with van der Waals surface area (Å²) in [6.07, 6.45) is 0. The van der Waals surface area contributed by atoms with Crippen LogP contribution in [0.25, 0.3) is 0 Å². The quantitative estimate of drug-likeness (QED) is 0.345.